The Morgan fingerprint density at radius 3 is 2.93 bits per heavy atom. The molecule has 2 heterocycles. The van der Waals surface area contributed by atoms with Gasteiger partial charge in [0.25, 0.3) is 0 Å². The molecular formula is C10H17ClN2S. The largest absolute Gasteiger partial charge is 0.326 e. The summed E-state index contributed by atoms with van der Waals surface area (Å²) in [6, 6.07) is 5.27. The van der Waals surface area contributed by atoms with E-state index in [4.69, 9.17) is 5.73 Å². The summed E-state index contributed by atoms with van der Waals surface area (Å²) in [5.41, 5.74) is 5.88. The third-order valence-electron chi connectivity index (χ3n) is 2.76. The van der Waals surface area contributed by atoms with Crippen molar-refractivity contribution in [1.82, 2.24) is 4.90 Å². The standard InChI is InChI=1S/C10H16N2S.ClH/c1-8(10-3-2-6-13-10)12-5-4-9(11)7-12;/h2-3,6,8-9H,4-5,7,11H2,1H3;1H/t8?,9-;/m1./s1. The van der Waals surface area contributed by atoms with Crippen LogP contribution in [0, 0.1) is 0 Å². The molecular weight excluding hydrogens is 216 g/mol. The maximum Gasteiger partial charge on any atom is 0.0413 e. The van der Waals surface area contributed by atoms with Gasteiger partial charge in [-0.15, -0.1) is 23.7 Å². The van der Waals surface area contributed by atoms with Gasteiger partial charge in [0.2, 0.25) is 0 Å². The highest BCUT2D eigenvalue weighted by atomic mass is 35.5. The predicted molar refractivity (Wildman–Crippen MR) is 64.1 cm³/mol. The van der Waals surface area contributed by atoms with Crippen LogP contribution in [0.3, 0.4) is 0 Å². The zero-order valence-electron chi connectivity index (χ0n) is 8.35. The number of hydrogen-bond acceptors (Lipinski definition) is 3. The second kappa shape index (κ2) is 5.12. The fourth-order valence-corrected chi connectivity index (χ4v) is 2.69. The highest BCUT2D eigenvalue weighted by molar-refractivity contribution is 7.10. The van der Waals surface area contributed by atoms with E-state index in [0.29, 0.717) is 12.1 Å². The number of nitrogens with zero attached hydrogens (tertiary/aromatic N) is 1. The van der Waals surface area contributed by atoms with Gasteiger partial charge in [-0.3, -0.25) is 4.90 Å². The Morgan fingerprint density at radius 1 is 1.64 bits per heavy atom. The van der Waals surface area contributed by atoms with E-state index in [0.717, 1.165) is 19.5 Å². The molecule has 1 saturated heterocycles. The van der Waals surface area contributed by atoms with Crippen LogP contribution in [0.25, 0.3) is 0 Å². The van der Waals surface area contributed by atoms with Crippen LogP contribution in [-0.2, 0) is 0 Å². The lowest BCUT2D eigenvalue weighted by Crippen LogP contribution is -2.28. The van der Waals surface area contributed by atoms with Crippen LogP contribution in [0.15, 0.2) is 17.5 Å². The van der Waals surface area contributed by atoms with Gasteiger partial charge in [-0.1, -0.05) is 6.07 Å². The van der Waals surface area contributed by atoms with Crippen molar-refractivity contribution in [2.75, 3.05) is 13.1 Å². The van der Waals surface area contributed by atoms with E-state index in [2.05, 4.69) is 29.3 Å². The Labute approximate surface area is 95.5 Å². The maximum atomic E-state index is 5.88. The third-order valence-corrected chi connectivity index (χ3v) is 3.80. The van der Waals surface area contributed by atoms with Gasteiger partial charge in [0.1, 0.15) is 0 Å². The first-order chi connectivity index (χ1) is 6.27. The van der Waals surface area contributed by atoms with Crippen molar-refractivity contribution < 1.29 is 0 Å². The predicted octanol–water partition coefficient (Wildman–Crippen LogP) is 2.26. The molecule has 2 nitrogen and oxygen atoms in total. The summed E-state index contributed by atoms with van der Waals surface area (Å²) in [6.45, 7) is 4.48. The average molecular weight is 233 g/mol. The Kier molecular flexibility index (Phi) is 4.38. The minimum atomic E-state index is 0. The first-order valence-electron chi connectivity index (χ1n) is 4.80. The van der Waals surface area contributed by atoms with Crippen molar-refractivity contribution in [2.45, 2.75) is 25.4 Å². The van der Waals surface area contributed by atoms with Crippen LogP contribution in [0.1, 0.15) is 24.3 Å². The lowest BCUT2D eigenvalue weighted by Gasteiger charge is -2.22. The Morgan fingerprint density at radius 2 is 2.43 bits per heavy atom. The molecule has 0 amide bonds. The van der Waals surface area contributed by atoms with Gasteiger partial charge in [0.15, 0.2) is 0 Å². The molecule has 1 aromatic heterocycles. The fraction of sp³-hybridized carbons (Fsp3) is 0.600. The molecule has 0 spiro atoms. The molecule has 80 valence electrons. The monoisotopic (exact) mass is 232 g/mol. The van der Waals surface area contributed by atoms with E-state index in [-0.39, 0.29) is 12.4 Å². The highest BCUT2D eigenvalue weighted by Gasteiger charge is 2.24. The lowest BCUT2D eigenvalue weighted by atomic mass is 10.2. The van der Waals surface area contributed by atoms with Crippen LogP contribution in [0.5, 0.6) is 0 Å². The van der Waals surface area contributed by atoms with Gasteiger partial charge in [-0.05, 0) is 24.8 Å². The summed E-state index contributed by atoms with van der Waals surface area (Å²) in [5.74, 6) is 0. The van der Waals surface area contributed by atoms with E-state index < -0.39 is 0 Å². The van der Waals surface area contributed by atoms with E-state index >= 15 is 0 Å². The fourth-order valence-electron chi connectivity index (χ4n) is 1.88. The van der Waals surface area contributed by atoms with Crippen LogP contribution < -0.4 is 5.73 Å². The van der Waals surface area contributed by atoms with Crippen molar-refractivity contribution in [2.24, 2.45) is 5.73 Å². The molecule has 2 N–H and O–H groups in total. The third kappa shape index (κ3) is 2.48. The quantitative estimate of drug-likeness (QED) is 0.848. The topological polar surface area (TPSA) is 29.3 Å². The van der Waals surface area contributed by atoms with E-state index in [1.807, 2.05) is 11.3 Å². The lowest BCUT2D eigenvalue weighted by molar-refractivity contribution is 0.263. The first kappa shape index (κ1) is 12.0. The number of halogens is 1. The molecule has 1 aromatic rings. The zero-order chi connectivity index (χ0) is 9.26. The molecule has 0 bridgehead atoms. The molecule has 4 heteroatoms. The smallest absolute Gasteiger partial charge is 0.0413 e. The van der Waals surface area contributed by atoms with Crippen molar-refractivity contribution in [3.05, 3.63) is 22.4 Å². The van der Waals surface area contributed by atoms with Crippen LogP contribution in [0.4, 0.5) is 0 Å². The molecule has 0 aliphatic carbocycles. The molecule has 1 fully saturated rings. The van der Waals surface area contributed by atoms with Gasteiger partial charge in [-0.2, -0.15) is 0 Å². The first-order valence-corrected chi connectivity index (χ1v) is 5.68. The summed E-state index contributed by atoms with van der Waals surface area (Å²) < 4.78 is 0. The minimum absolute atomic E-state index is 0. The number of hydrogen-bond donors (Lipinski definition) is 1. The van der Waals surface area contributed by atoms with Crippen molar-refractivity contribution in [1.29, 1.82) is 0 Å². The molecule has 2 atom stereocenters. The Bertz CT molecular complexity index is 263. The Hall–Kier alpha value is -0.0900. The van der Waals surface area contributed by atoms with Gasteiger partial charge in [-0.25, -0.2) is 0 Å². The number of rotatable bonds is 2. The summed E-state index contributed by atoms with van der Waals surface area (Å²) in [6.07, 6.45) is 1.15. The minimum Gasteiger partial charge on any atom is -0.326 e. The van der Waals surface area contributed by atoms with Crippen LogP contribution in [-0.4, -0.2) is 24.0 Å². The van der Waals surface area contributed by atoms with Crippen LogP contribution in [0.2, 0.25) is 0 Å². The molecule has 1 unspecified atom stereocenters. The number of likely N-dealkylation sites (tertiary alicyclic amines) is 1. The van der Waals surface area contributed by atoms with Gasteiger partial charge >= 0.3 is 0 Å². The summed E-state index contributed by atoms with van der Waals surface area (Å²) in [5, 5.41) is 2.14. The van der Waals surface area contributed by atoms with Gasteiger partial charge in [0.05, 0.1) is 0 Å². The molecule has 1 aliphatic heterocycles. The normalized spacial score (nSPS) is 24.6. The van der Waals surface area contributed by atoms with Crippen LogP contribution >= 0.6 is 23.7 Å². The summed E-state index contributed by atoms with van der Waals surface area (Å²) >= 11 is 1.84. The van der Waals surface area contributed by atoms with E-state index in [1.54, 1.807) is 0 Å². The van der Waals surface area contributed by atoms with Crippen molar-refractivity contribution in [3.8, 4) is 0 Å². The second-order valence-corrected chi connectivity index (χ2v) is 4.71. The molecule has 1 aliphatic rings. The molecule has 14 heavy (non-hydrogen) atoms. The average Bonchev–Trinajstić information content (AvgIpc) is 2.72. The highest BCUT2D eigenvalue weighted by Crippen LogP contribution is 2.27. The summed E-state index contributed by atoms with van der Waals surface area (Å²) in [7, 11) is 0. The molecule has 0 radical (unpaired) electrons. The van der Waals surface area contributed by atoms with Gasteiger partial charge < -0.3 is 5.73 Å². The maximum absolute atomic E-state index is 5.88. The Balaban J connectivity index is 0.000000980. The SMILES string of the molecule is CC(c1cccs1)N1CC[C@@H](N)C1.Cl. The van der Waals surface area contributed by atoms with Crippen molar-refractivity contribution in [3.63, 3.8) is 0 Å². The molecule has 2 rings (SSSR count). The zero-order valence-corrected chi connectivity index (χ0v) is 9.98. The summed E-state index contributed by atoms with van der Waals surface area (Å²) in [4.78, 5) is 3.92. The molecule has 0 saturated carbocycles. The van der Waals surface area contributed by atoms with Gasteiger partial charge in [0, 0.05) is 30.1 Å². The number of nitrogens with two attached hydrogens (primary N) is 1. The van der Waals surface area contributed by atoms with Crippen molar-refractivity contribution >= 4 is 23.7 Å². The van der Waals surface area contributed by atoms with E-state index in [9.17, 15) is 0 Å². The number of thiophene rings is 1. The second-order valence-electron chi connectivity index (χ2n) is 3.74. The van der Waals surface area contributed by atoms with E-state index in [1.165, 1.54) is 4.88 Å². The molecule has 0 aromatic carbocycles.